The number of aromatic nitrogens is 2. The molecule has 0 saturated carbocycles. The number of ether oxygens (including phenoxy) is 1. The molecular formula is C19H22Cl2N4O4. The highest BCUT2D eigenvalue weighted by molar-refractivity contribution is 6.42. The topological polar surface area (TPSA) is 96.4 Å². The van der Waals surface area contributed by atoms with Gasteiger partial charge in [0, 0.05) is 37.9 Å². The summed E-state index contributed by atoms with van der Waals surface area (Å²) in [5, 5.41) is 3.83. The van der Waals surface area contributed by atoms with Crippen LogP contribution in [0.4, 0.5) is 0 Å². The van der Waals surface area contributed by atoms with Crippen molar-refractivity contribution in [3.8, 4) is 0 Å². The second kappa shape index (κ2) is 9.58. The second-order valence-electron chi connectivity index (χ2n) is 6.98. The van der Waals surface area contributed by atoms with E-state index in [1.807, 2.05) is 12.1 Å². The van der Waals surface area contributed by atoms with Gasteiger partial charge in [-0.25, -0.2) is 4.79 Å². The first kappa shape index (κ1) is 21.6. The van der Waals surface area contributed by atoms with E-state index >= 15 is 0 Å². The van der Waals surface area contributed by atoms with Gasteiger partial charge in [0.2, 0.25) is 5.91 Å². The number of nitrogens with zero attached hydrogens (tertiary/aromatic N) is 2. The number of morpholine rings is 1. The number of rotatable bonds is 6. The third kappa shape index (κ3) is 5.93. The summed E-state index contributed by atoms with van der Waals surface area (Å²) in [4.78, 5) is 39.8. The lowest BCUT2D eigenvalue weighted by Crippen LogP contribution is -2.47. The van der Waals surface area contributed by atoms with E-state index < -0.39 is 11.2 Å². The zero-order valence-electron chi connectivity index (χ0n) is 15.9. The highest BCUT2D eigenvalue weighted by Crippen LogP contribution is 2.23. The molecular weight excluding hydrogens is 419 g/mol. The van der Waals surface area contributed by atoms with Gasteiger partial charge in [-0.2, -0.15) is 0 Å². The average Bonchev–Trinajstić information content (AvgIpc) is 2.68. The van der Waals surface area contributed by atoms with Gasteiger partial charge in [0.05, 0.1) is 22.8 Å². The number of benzene rings is 1. The lowest BCUT2D eigenvalue weighted by Gasteiger charge is -2.33. The van der Waals surface area contributed by atoms with Gasteiger partial charge >= 0.3 is 5.69 Å². The first-order valence-electron chi connectivity index (χ1n) is 9.17. The van der Waals surface area contributed by atoms with Crippen LogP contribution in [-0.4, -0.2) is 52.7 Å². The van der Waals surface area contributed by atoms with Gasteiger partial charge in [-0.15, -0.1) is 0 Å². The van der Waals surface area contributed by atoms with Crippen LogP contribution in [0.1, 0.15) is 11.1 Å². The van der Waals surface area contributed by atoms with Crippen LogP contribution in [0.3, 0.4) is 0 Å². The largest absolute Gasteiger partial charge is 0.374 e. The van der Waals surface area contributed by atoms with Crippen LogP contribution in [0, 0.1) is 6.92 Å². The summed E-state index contributed by atoms with van der Waals surface area (Å²) in [6.07, 6.45) is 1.21. The summed E-state index contributed by atoms with van der Waals surface area (Å²) >= 11 is 12.0. The lowest BCUT2D eigenvalue weighted by atomic mass is 10.2. The third-order valence-corrected chi connectivity index (χ3v) is 5.38. The standard InChI is InChI=1S/C19H22Cl2N4O4/c1-12-8-25(19(28)23-18(12)27)11-17(26)22-7-14-10-24(4-5-29-14)9-13-2-3-15(20)16(21)6-13/h2-3,6,8,14H,4-5,7,9-11H2,1H3,(H,22,26)(H,23,27,28)/t14-/m0/s1. The van der Waals surface area contributed by atoms with Crippen LogP contribution in [0.5, 0.6) is 0 Å². The van der Waals surface area contributed by atoms with Crippen molar-refractivity contribution >= 4 is 29.1 Å². The number of amides is 1. The molecule has 1 aliphatic rings. The van der Waals surface area contributed by atoms with Gasteiger partial charge < -0.3 is 10.1 Å². The maximum absolute atomic E-state index is 12.2. The minimum Gasteiger partial charge on any atom is -0.374 e. The Morgan fingerprint density at radius 1 is 1.31 bits per heavy atom. The van der Waals surface area contributed by atoms with Crippen molar-refractivity contribution in [3.05, 3.63) is 66.4 Å². The van der Waals surface area contributed by atoms with E-state index in [-0.39, 0.29) is 18.6 Å². The SMILES string of the molecule is Cc1cn(CC(=O)NC[C@H]2CN(Cc3ccc(Cl)c(Cl)c3)CCO2)c(=O)[nH]c1=O. The van der Waals surface area contributed by atoms with Crippen molar-refractivity contribution in [2.24, 2.45) is 0 Å². The monoisotopic (exact) mass is 440 g/mol. The number of hydrogen-bond acceptors (Lipinski definition) is 5. The first-order valence-corrected chi connectivity index (χ1v) is 9.92. The van der Waals surface area contributed by atoms with Gasteiger partial charge in [0.1, 0.15) is 6.54 Å². The fourth-order valence-electron chi connectivity index (χ4n) is 3.12. The molecule has 2 heterocycles. The van der Waals surface area contributed by atoms with Gasteiger partial charge in [0.25, 0.3) is 5.56 Å². The molecule has 2 aromatic rings. The fraction of sp³-hybridized carbons (Fsp3) is 0.421. The average molecular weight is 441 g/mol. The molecule has 156 valence electrons. The Kier molecular flexibility index (Phi) is 7.13. The molecule has 8 nitrogen and oxygen atoms in total. The molecule has 1 aromatic carbocycles. The minimum atomic E-state index is -0.613. The number of carbonyl (C=O) groups excluding carboxylic acids is 1. The minimum absolute atomic E-state index is 0.162. The predicted molar refractivity (Wildman–Crippen MR) is 111 cm³/mol. The molecule has 10 heteroatoms. The quantitative estimate of drug-likeness (QED) is 0.702. The summed E-state index contributed by atoms with van der Waals surface area (Å²) < 4.78 is 6.90. The maximum atomic E-state index is 12.2. The molecule has 1 atom stereocenters. The summed E-state index contributed by atoms with van der Waals surface area (Å²) in [5.74, 6) is -0.330. The normalized spacial score (nSPS) is 17.3. The number of carbonyl (C=O) groups is 1. The van der Waals surface area contributed by atoms with Gasteiger partial charge in [0.15, 0.2) is 0 Å². The number of aryl methyl sites for hydroxylation is 1. The van der Waals surface area contributed by atoms with E-state index in [2.05, 4.69) is 15.2 Å². The zero-order chi connectivity index (χ0) is 21.0. The zero-order valence-corrected chi connectivity index (χ0v) is 17.4. The van der Waals surface area contributed by atoms with E-state index in [9.17, 15) is 14.4 Å². The van der Waals surface area contributed by atoms with Crippen LogP contribution in [0.2, 0.25) is 10.0 Å². The van der Waals surface area contributed by atoms with Gasteiger partial charge in [-0.05, 0) is 24.6 Å². The molecule has 3 rings (SSSR count). The number of aromatic amines is 1. The Labute approximate surface area is 177 Å². The third-order valence-electron chi connectivity index (χ3n) is 4.64. The summed E-state index contributed by atoms with van der Waals surface area (Å²) in [7, 11) is 0. The van der Waals surface area contributed by atoms with Crippen LogP contribution in [-0.2, 0) is 22.6 Å². The number of H-pyrrole nitrogens is 1. The molecule has 0 aliphatic carbocycles. The molecule has 0 spiro atoms. The van der Waals surface area contributed by atoms with Crippen molar-refractivity contribution in [1.82, 2.24) is 19.8 Å². The molecule has 1 saturated heterocycles. The van der Waals surface area contributed by atoms with Gasteiger partial charge in [-0.3, -0.25) is 24.0 Å². The molecule has 1 amide bonds. The number of halogens is 2. The fourth-order valence-corrected chi connectivity index (χ4v) is 3.44. The van der Waals surface area contributed by atoms with Crippen molar-refractivity contribution in [2.45, 2.75) is 26.1 Å². The Balaban J connectivity index is 1.50. The Hall–Kier alpha value is -2.13. The smallest absolute Gasteiger partial charge is 0.328 e. The Morgan fingerprint density at radius 3 is 2.86 bits per heavy atom. The van der Waals surface area contributed by atoms with Crippen LogP contribution in [0.25, 0.3) is 0 Å². The molecule has 0 radical (unpaired) electrons. The Morgan fingerprint density at radius 2 is 2.10 bits per heavy atom. The van der Waals surface area contributed by atoms with Crippen molar-refractivity contribution in [2.75, 3.05) is 26.2 Å². The first-order chi connectivity index (χ1) is 13.8. The summed E-state index contributed by atoms with van der Waals surface area (Å²) in [5.41, 5.74) is 0.352. The highest BCUT2D eigenvalue weighted by Gasteiger charge is 2.21. The molecule has 1 aromatic heterocycles. The summed E-state index contributed by atoms with van der Waals surface area (Å²) in [6.45, 7) is 4.42. The highest BCUT2D eigenvalue weighted by atomic mass is 35.5. The number of nitrogens with one attached hydrogen (secondary N) is 2. The maximum Gasteiger partial charge on any atom is 0.328 e. The molecule has 0 bridgehead atoms. The van der Waals surface area contributed by atoms with Gasteiger partial charge in [-0.1, -0.05) is 29.3 Å². The lowest BCUT2D eigenvalue weighted by molar-refractivity contribution is -0.123. The molecule has 0 unspecified atom stereocenters. The van der Waals surface area contributed by atoms with Crippen LogP contribution < -0.4 is 16.6 Å². The van der Waals surface area contributed by atoms with E-state index in [0.29, 0.717) is 41.8 Å². The molecule has 1 fully saturated rings. The van der Waals surface area contributed by atoms with E-state index in [4.69, 9.17) is 27.9 Å². The van der Waals surface area contributed by atoms with Crippen molar-refractivity contribution in [3.63, 3.8) is 0 Å². The molecule has 2 N–H and O–H groups in total. The predicted octanol–water partition coefficient (Wildman–Crippen LogP) is 1.17. The van der Waals surface area contributed by atoms with E-state index in [1.54, 1.807) is 13.0 Å². The van der Waals surface area contributed by atoms with E-state index in [0.717, 1.165) is 12.1 Å². The van der Waals surface area contributed by atoms with E-state index in [1.165, 1.54) is 10.8 Å². The second-order valence-corrected chi connectivity index (χ2v) is 7.79. The molecule has 29 heavy (non-hydrogen) atoms. The van der Waals surface area contributed by atoms with Crippen LogP contribution in [0.15, 0.2) is 34.0 Å². The van der Waals surface area contributed by atoms with Crippen molar-refractivity contribution < 1.29 is 9.53 Å². The summed E-state index contributed by atoms with van der Waals surface area (Å²) in [6, 6.07) is 5.56. The number of hydrogen-bond donors (Lipinski definition) is 2. The Bertz CT molecular complexity index is 1000. The van der Waals surface area contributed by atoms with Crippen molar-refractivity contribution in [1.29, 1.82) is 0 Å². The van der Waals surface area contributed by atoms with Crippen LogP contribution >= 0.6 is 23.2 Å². The molecule has 1 aliphatic heterocycles.